The maximum absolute atomic E-state index is 13.0. The summed E-state index contributed by atoms with van der Waals surface area (Å²) in [4.78, 5) is 34.9. The molecule has 0 aliphatic heterocycles. The molecule has 0 aliphatic rings. The molecule has 3 aromatic rings. The molecule has 0 radical (unpaired) electrons. The van der Waals surface area contributed by atoms with Crippen molar-refractivity contribution in [3.63, 3.8) is 0 Å². The van der Waals surface area contributed by atoms with Gasteiger partial charge in [-0.3, -0.25) is 10.1 Å². The van der Waals surface area contributed by atoms with Crippen molar-refractivity contribution in [1.82, 2.24) is 15.0 Å². The van der Waals surface area contributed by atoms with E-state index in [2.05, 4.69) is 25.6 Å². The number of halogens is 1. The van der Waals surface area contributed by atoms with E-state index in [9.17, 15) is 19.3 Å². The van der Waals surface area contributed by atoms with Gasteiger partial charge in [-0.25, -0.2) is 9.18 Å². The van der Waals surface area contributed by atoms with Crippen LogP contribution >= 0.6 is 0 Å². The van der Waals surface area contributed by atoms with Crippen molar-refractivity contribution < 1.29 is 24.0 Å². The van der Waals surface area contributed by atoms with Crippen molar-refractivity contribution in [2.75, 3.05) is 29.5 Å². The molecular formula is C19H18FN7O5. The average molecular weight is 443 g/mol. The van der Waals surface area contributed by atoms with Gasteiger partial charge in [0, 0.05) is 30.1 Å². The van der Waals surface area contributed by atoms with Gasteiger partial charge in [-0.15, -0.1) is 0 Å². The fourth-order valence-electron chi connectivity index (χ4n) is 2.59. The molecule has 0 amide bonds. The number of nitrogens with two attached hydrogens (primary N) is 1. The third kappa shape index (κ3) is 5.82. The van der Waals surface area contributed by atoms with E-state index < -0.39 is 23.3 Å². The molecule has 0 saturated carbocycles. The molecule has 0 bridgehead atoms. The first-order valence-corrected chi connectivity index (χ1v) is 9.19. The number of nitrogens with one attached hydrogen (secondary N) is 2. The highest BCUT2D eigenvalue weighted by Gasteiger charge is 2.19. The van der Waals surface area contributed by atoms with Gasteiger partial charge in [0.1, 0.15) is 5.82 Å². The molecule has 1 heterocycles. The van der Waals surface area contributed by atoms with Gasteiger partial charge in [-0.1, -0.05) is 0 Å². The minimum atomic E-state index is -0.874. The number of ether oxygens (including phenoxy) is 1. The Morgan fingerprint density at radius 2 is 1.94 bits per heavy atom. The molecular weight excluding hydrogens is 425 g/mol. The Morgan fingerprint density at radius 3 is 2.62 bits per heavy atom. The topological polar surface area (TPSA) is 178 Å². The molecule has 0 saturated heterocycles. The van der Waals surface area contributed by atoms with Gasteiger partial charge in [0.15, 0.2) is 12.4 Å². The van der Waals surface area contributed by atoms with E-state index in [1.165, 1.54) is 36.4 Å². The van der Waals surface area contributed by atoms with Gasteiger partial charge in [0.25, 0.3) is 5.69 Å². The number of anilines is 4. The van der Waals surface area contributed by atoms with Crippen molar-refractivity contribution in [2.45, 2.75) is 6.61 Å². The Labute approximate surface area is 180 Å². The normalized spacial score (nSPS) is 10.4. The fraction of sp³-hybridized carbons (Fsp3) is 0.158. The summed E-state index contributed by atoms with van der Waals surface area (Å²) in [7, 11) is 0. The van der Waals surface area contributed by atoms with Gasteiger partial charge in [0.2, 0.25) is 11.9 Å². The molecule has 3 rings (SSSR count). The van der Waals surface area contributed by atoms with Crippen molar-refractivity contribution >= 4 is 34.9 Å². The highest BCUT2D eigenvalue weighted by Crippen LogP contribution is 2.23. The smallest absolute Gasteiger partial charge is 0.340 e. The average Bonchev–Trinajstić information content (AvgIpc) is 2.77. The lowest BCUT2D eigenvalue weighted by atomic mass is 10.1. The zero-order valence-electron chi connectivity index (χ0n) is 16.5. The monoisotopic (exact) mass is 443 g/mol. The highest BCUT2D eigenvalue weighted by atomic mass is 19.1. The van der Waals surface area contributed by atoms with Crippen LogP contribution in [0.2, 0.25) is 0 Å². The van der Waals surface area contributed by atoms with Gasteiger partial charge < -0.3 is 26.2 Å². The van der Waals surface area contributed by atoms with E-state index in [4.69, 9.17) is 15.6 Å². The van der Waals surface area contributed by atoms with Crippen molar-refractivity contribution in [3.8, 4) is 0 Å². The van der Waals surface area contributed by atoms with Crippen LogP contribution in [-0.4, -0.2) is 44.1 Å². The van der Waals surface area contributed by atoms with E-state index in [0.717, 1.165) is 6.07 Å². The van der Waals surface area contributed by atoms with Crippen LogP contribution in [0.1, 0.15) is 16.2 Å². The molecule has 2 aromatic carbocycles. The standard InChI is InChI=1S/C19H18FN7O5/c20-11-1-3-12(4-2-11)23-19-25-16(24-18(21)26-19)10-32-17(29)14-9-13(27(30)31)5-6-15(14)22-7-8-28/h1-6,9,22,28H,7-8,10H2,(H3,21,23,24,25,26). The van der Waals surface area contributed by atoms with Crippen LogP contribution in [0.4, 0.5) is 33.3 Å². The molecule has 32 heavy (non-hydrogen) atoms. The second-order valence-corrected chi connectivity index (χ2v) is 6.28. The van der Waals surface area contributed by atoms with E-state index >= 15 is 0 Å². The number of nitro groups is 1. The van der Waals surface area contributed by atoms with Gasteiger partial charge in [0.05, 0.1) is 17.1 Å². The first-order chi connectivity index (χ1) is 15.4. The predicted molar refractivity (Wildman–Crippen MR) is 112 cm³/mol. The number of benzene rings is 2. The molecule has 12 nitrogen and oxygen atoms in total. The van der Waals surface area contributed by atoms with Crippen LogP contribution < -0.4 is 16.4 Å². The number of aromatic nitrogens is 3. The largest absolute Gasteiger partial charge is 0.454 e. The van der Waals surface area contributed by atoms with Crippen LogP contribution in [0.5, 0.6) is 0 Å². The summed E-state index contributed by atoms with van der Waals surface area (Å²) < 4.78 is 18.2. The number of carbonyl (C=O) groups excluding carboxylic acids is 1. The third-order valence-electron chi connectivity index (χ3n) is 3.99. The minimum absolute atomic E-state index is 0.0192. The van der Waals surface area contributed by atoms with Crippen LogP contribution in [0.15, 0.2) is 42.5 Å². The number of nitrogen functional groups attached to an aromatic ring is 1. The number of nitrogens with zero attached hydrogens (tertiary/aromatic N) is 4. The number of aliphatic hydroxyl groups excluding tert-OH is 1. The molecule has 13 heteroatoms. The Balaban J connectivity index is 1.75. The summed E-state index contributed by atoms with van der Waals surface area (Å²) in [6.07, 6.45) is 0. The van der Waals surface area contributed by atoms with Crippen molar-refractivity contribution in [3.05, 3.63) is 69.8 Å². The number of hydrogen-bond donors (Lipinski definition) is 4. The number of non-ortho nitro benzene ring substituents is 1. The molecule has 0 atom stereocenters. The molecule has 0 spiro atoms. The Kier molecular flexibility index (Phi) is 7.02. The first-order valence-electron chi connectivity index (χ1n) is 9.19. The van der Waals surface area contributed by atoms with Crippen molar-refractivity contribution in [2.24, 2.45) is 0 Å². The highest BCUT2D eigenvalue weighted by molar-refractivity contribution is 5.96. The molecule has 166 valence electrons. The summed E-state index contributed by atoms with van der Waals surface area (Å²) in [5, 5.41) is 25.6. The molecule has 0 fully saturated rings. The number of rotatable bonds is 9. The van der Waals surface area contributed by atoms with Crippen LogP contribution in [0.25, 0.3) is 0 Å². The summed E-state index contributed by atoms with van der Waals surface area (Å²) in [6, 6.07) is 9.06. The van der Waals surface area contributed by atoms with Gasteiger partial charge >= 0.3 is 5.97 Å². The lowest BCUT2D eigenvalue weighted by Crippen LogP contribution is -2.14. The lowest BCUT2D eigenvalue weighted by Gasteiger charge is -2.11. The number of esters is 1. The quantitative estimate of drug-likeness (QED) is 0.216. The third-order valence-corrected chi connectivity index (χ3v) is 3.99. The number of nitro benzene ring substituents is 1. The second kappa shape index (κ2) is 10.1. The maximum atomic E-state index is 13.0. The number of carbonyl (C=O) groups is 1. The van der Waals surface area contributed by atoms with Crippen LogP contribution in [-0.2, 0) is 11.3 Å². The summed E-state index contributed by atoms with van der Waals surface area (Å²) in [5.74, 6) is -1.36. The fourth-order valence-corrected chi connectivity index (χ4v) is 2.59. The SMILES string of the molecule is Nc1nc(COC(=O)c2cc([N+](=O)[O-])ccc2NCCO)nc(Nc2ccc(F)cc2)n1. The Morgan fingerprint density at radius 1 is 1.19 bits per heavy atom. The summed E-state index contributed by atoms with van der Waals surface area (Å²) in [6.45, 7) is -0.480. The molecule has 1 aromatic heterocycles. The summed E-state index contributed by atoms with van der Waals surface area (Å²) in [5.41, 5.74) is 6.02. The van der Waals surface area contributed by atoms with Crippen LogP contribution in [0.3, 0.4) is 0 Å². The van der Waals surface area contributed by atoms with Gasteiger partial charge in [-0.2, -0.15) is 15.0 Å². The molecule has 5 N–H and O–H groups in total. The van der Waals surface area contributed by atoms with E-state index in [1.54, 1.807) is 0 Å². The zero-order chi connectivity index (χ0) is 23.1. The van der Waals surface area contributed by atoms with E-state index in [-0.39, 0.29) is 47.8 Å². The number of aliphatic hydroxyl groups is 1. The lowest BCUT2D eigenvalue weighted by molar-refractivity contribution is -0.384. The second-order valence-electron chi connectivity index (χ2n) is 6.28. The minimum Gasteiger partial charge on any atom is -0.454 e. The number of hydrogen-bond acceptors (Lipinski definition) is 11. The van der Waals surface area contributed by atoms with Crippen molar-refractivity contribution in [1.29, 1.82) is 0 Å². The summed E-state index contributed by atoms with van der Waals surface area (Å²) >= 11 is 0. The molecule has 0 aliphatic carbocycles. The zero-order valence-corrected chi connectivity index (χ0v) is 16.5. The maximum Gasteiger partial charge on any atom is 0.340 e. The Bertz CT molecular complexity index is 1130. The predicted octanol–water partition coefficient (Wildman–Crippen LogP) is 2.01. The van der Waals surface area contributed by atoms with E-state index in [1.807, 2.05) is 0 Å². The molecule has 0 unspecified atom stereocenters. The Hall–Kier alpha value is -4.39. The van der Waals surface area contributed by atoms with Crippen LogP contribution in [0, 0.1) is 15.9 Å². The first kappa shape index (κ1) is 22.3. The van der Waals surface area contributed by atoms with Gasteiger partial charge in [-0.05, 0) is 30.3 Å². The van der Waals surface area contributed by atoms with E-state index in [0.29, 0.717) is 5.69 Å².